The highest BCUT2D eigenvalue weighted by molar-refractivity contribution is 7.90. The number of nitrogens with zero attached hydrogens (tertiary/aromatic N) is 6. The summed E-state index contributed by atoms with van der Waals surface area (Å²) in [5.41, 5.74) is 4.32. The van der Waals surface area contributed by atoms with E-state index in [0.29, 0.717) is 88.7 Å². The third kappa shape index (κ3) is 9.70. The van der Waals surface area contributed by atoms with Crippen molar-refractivity contribution in [1.82, 2.24) is 29.2 Å². The Hall–Kier alpha value is -5.09. The quantitative estimate of drug-likeness (QED) is 0.156. The molecular weight excluding hydrogens is 818 g/mol. The summed E-state index contributed by atoms with van der Waals surface area (Å²) in [6.07, 6.45) is 4.92. The first-order chi connectivity index (χ1) is 29.4. The van der Waals surface area contributed by atoms with Gasteiger partial charge in [0.2, 0.25) is 5.91 Å². The Balaban J connectivity index is 1.15. The number of aromatic nitrogens is 2. The number of carbonyl (C=O) groups is 4. The van der Waals surface area contributed by atoms with Crippen LogP contribution in [0.15, 0.2) is 65.6 Å². The minimum Gasteiger partial charge on any atom is -0.379 e. The van der Waals surface area contributed by atoms with Gasteiger partial charge in [-0.25, -0.2) is 17.8 Å². The van der Waals surface area contributed by atoms with Crippen LogP contribution in [-0.2, 0) is 38.9 Å². The largest absolute Gasteiger partial charge is 0.379 e. The third-order valence-corrected chi connectivity index (χ3v) is 13.5. The number of halogens is 1. The average Bonchev–Trinajstić information content (AvgIpc) is 3.84. The van der Waals surface area contributed by atoms with Crippen LogP contribution >= 0.6 is 11.6 Å². The fourth-order valence-electron chi connectivity index (χ4n) is 8.15. The zero-order chi connectivity index (χ0) is 43.3. The topological polar surface area (TPSA) is 154 Å². The van der Waals surface area contributed by atoms with E-state index < -0.39 is 21.8 Å². The first-order valence-corrected chi connectivity index (χ1v) is 23.1. The molecule has 4 amide bonds. The third-order valence-electron chi connectivity index (χ3n) is 11.8. The minimum absolute atomic E-state index is 0.0342. The second-order valence-corrected chi connectivity index (χ2v) is 17.9. The molecule has 0 bridgehead atoms. The molecule has 0 radical (unpaired) electrons. The highest BCUT2D eigenvalue weighted by Crippen LogP contribution is 2.32. The van der Waals surface area contributed by atoms with E-state index in [9.17, 15) is 27.6 Å². The maximum absolute atomic E-state index is 14.6. The zero-order valence-corrected chi connectivity index (χ0v) is 36.7. The van der Waals surface area contributed by atoms with Crippen molar-refractivity contribution in [2.24, 2.45) is 0 Å². The lowest BCUT2D eigenvalue weighted by atomic mass is 9.98. The van der Waals surface area contributed by atoms with E-state index in [4.69, 9.17) is 16.3 Å². The smallest absolute Gasteiger partial charge is 0.275 e. The number of morpholine rings is 1. The Bertz CT molecular complexity index is 2410. The fourth-order valence-corrected chi connectivity index (χ4v) is 9.37. The van der Waals surface area contributed by atoms with E-state index in [0.717, 1.165) is 49.9 Å². The first kappa shape index (κ1) is 44.0. The number of benzene rings is 3. The van der Waals surface area contributed by atoms with E-state index in [2.05, 4.69) is 28.6 Å². The van der Waals surface area contributed by atoms with Crippen LogP contribution in [0.25, 0.3) is 5.69 Å². The lowest BCUT2D eigenvalue weighted by molar-refractivity contribution is -0.119. The van der Waals surface area contributed by atoms with Crippen LogP contribution < -0.4 is 9.62 Å². The summed E-state index contributed by atoms with van der Waals surface area (Å²) in [7, 11) is -4.38. The summed E-state index contributed by atoms with van der Waals surface area (Å²) in [6.45, 7) is 11.6. The number of fused-ring (bicyclic) bond motifs is 2. The molecule has 0 atom stereocenters. The van der Waals surface area contributed by atoms with Crippen LogP contribution in [-0.4, -0.2) is 116 Å². The van der Waals surface area contributed by atoms with Gasteiger partial charge in [-0.15, -0.1) is 0 Å². The maximum atomic E-state index is 14.6. The van der Waals surface area contributed by atoms with Gasteiger partial charge in [-0.1, -0.05) is 62.6 Å². The summed E-state index contributed by atoms with van der Waals surface area (Å²) >= 11 is 6.84. The van der Waals surface area contributed by atoms with Gasteiger partial charge in [0.1, 0.15) is 0 Å². The molecule has 1 saturated heterocycles. The number of ether oxygens (including phenoxy) is 1. The molecule has 1 fully saturated rings. The Morgan fingerprint density at radius 1 is 0.852 bits per heavy atom. The molecule has 0 spiro atoms. The van der Waals surface area contributed by atoms with E-state index >= 15 is 0 Å². The number of anilines is 1. The molecule has 0 aliphatic carbocycles. The summed E-state index contributed by atoms with van der Waals surface area (Å²) in [5.74, 6) is -1.66. The second-order valence-electron chi connectivity index (χ2n) is 15.9. The number of nitrogens with one attached hydrogen (secondary N) is 1. The highest BCUT2D eigenvalue weighted by Gasteiger charge is 2.31. The van der Waals surface area contributed by atoms with Crippen LogP contribution in [0.1, 0.15) is 99.5 Å². The van der Waals surface area contributed by atoms with Crippen LogP contribution in [0.2, 0.25) is 5.02 Å². The summed E-state index contributed by atoms with van der Waals surface area (Å²) in [4.78, 5) is 62.7. The Morgan fingerprint density at radius 3 is 2.26 bits per heavy atom. The van der Waals surface area contributed by atoms with Crippen LogP contribution in [0.4, 0.5) is 5.69 Å². The lowest BCUT2D eigenvalue weighted by Crippen LogP contribution is -2.39. The lowest BCUT2D eigenvalue weighted by Gasteiger charge is -2.29. The first-order valence-electron chi connectivity index (χ1n) is 21.3. The maximum Gasteiger partial charge on any atom is 0.275 e. The van der Waals surface area contributed by atoms with Crippen molar-refractivity contribution in [1.29, 1.82) is 0 Å². The Morgan fingerprint density at radius 2 is 1.54 bits per heavy atom. The standard InChI is InChI=1S/C45H54ClN7O7S/c1-4-6-19-50(20-7-5-2)45(57)42-41(46)31(3)53(47-42)39-14-12-34(29-37(39)44(56)51-22-16-32-10-8-9-11-35(32)30-51)43(55)48-61(58,59)36-13-15-38-33(28-36)17-23-52(38)40(54)18-21-49-24-26-60-27-25-49/h8-15,28-29H,4-7,16-27,30H2,1-3H3,(H,48,55). The molecule has 0 saturated carbocycles. The summed E-state index contributed by atoms with van der Waals surface area (Å²) in [5, 5.41) is 4.85. The molecule has 1 N–H and O–H groups in total. The van der Waals surface area contributed by atoms with Crippen LogP contribution in [0.5, 0.6) is 0 Å². The summed E-state index contributed by atoms with van der Waals surface area (Å²) in [6, 6.07) is 16.7. The number of carbonyl (C=O) groups excluding carboxylic acids is 4. The summed E-state index contributed by atoms with van der Waals surface area (Å²) < 4.78 is 36.5. The number of unbranched alkanes of at least 4 members (excludes halogenated alkanes) is 2. The van der Waals surface area contributed by atoms with Crippen molar-refractivity contribution in [3.63, 3.8) is 0 Å². The average molecular weight is 872 g/mol. The van der Waals surface area contributed by atoms with Crippen molar-refractivity contribution < 1.29 is 32.3 Å². The van der Waals surface area contributed by atoms with Crippen molar-refractivity contribution in [2.45, 2.75) is 77.2 Å². The molecular formula is C45H54ClN7O7S. The van der Waals surface area contributed by atoms with Crippen molar-refractivity contribution >= 4 is 50.9 Å². The zero-order valence-electron chi connectivity index (χ0n) is 35.1. The SMILES string of the molecule is CCCCN(CCCC)C(=O)c1nn(-c2ccc(C(=O)NS(=O)(=O)c3ccc4c(c3)CCN4C(=O)CCN3CCOCC3)cc2C(=O)N2CCc3ccccc3C2)c(C)c1Cl. The predicted octanol–water partition coefficient (Wildman–Crippen LogP) is 5.81. The van der Waals surface area contributed by atoms with Gasteiger partial charge in [0.25, 0.3) is 27.7 Å². The highest BCUT2D eigenvalue weighted by atomic mass is 35.5. The van der Waals surface area contributed by atoms with E-state index in [1.165, 1.54) is 35.0 Å². The molecule has 7 rings (SSSR count). The van der Waals surface area contributed by atoms with Crippen molar-refractivity contribution in [3.05, 3.63) is 105 Å². The van der Waals surface area contributed by atoms with Crippen LogP contribution in [0, 0.1) is 6.92 Å². The molecule has 324 valence electrons. The second kappa shape index (κ2) is 19.3. The molecule has 16 heteroatoms. The molecule has 3 aliphatic heterocycles. The molecule has 61 heavy (non-hydrogen) atoms. The Kier molecular flexibility index (Phi) is 13.9. The molecule has 4 heterocycles. The minimum atomic E-state index is -4.38. The number of rotatable bonds is 15. The Labute approximate surface area is 362 Å². The van der Waals surface area contributed by atoms with Crippen molar-refractivity contribution in [3.8, 4) is 5.69 Å². The molecule has 3 aliphatic rings. The van der Waals surface area contributed by atoms with Gasteiger partial charge >= 0.3 is 0 Å². The van der Waals surface area contributed by atoms with E-state index in [-0.39, 0.29) is 44.2 Å². The van der Waals surface area contributed by atoms with Gasteiger partial charge in [0, 0.05) is 70.0 Å². The van der Waals surface area contributed by atoms with Gasteiger partial charge in [0.15, 0.2) is 5.69 Å². The monoisotopic (exact) mass is 871 g/mol. The molecule has 4 aromatic rings. The fraction of sp³-hybridized carbons (Fsp3) is 0.444. The normalized spacial score (nSPS) is 15.3. The van der Waals surface area contributed by atoms with E-state index in [1.54, 1.807) is 27.7 Å². The molecule has 3 aromatic carbocycles. The van der Waals surface area contributed by atoms with Gasteiger partial charge in [-0.3, -0.25) is 24.1 Å². The number of hydrogen-bond donors (Lipinski definition) is 1. The predicted molar refractivity (Wildman–Crippen MR) is 233 cm³/mol. The molecule has 14 nitrogen and oxygen atoms in total. The number of amides is 4. The molecule has 0 unspecified atom stereocenters. The van der Waals surface area contributed by atoms with Crippen LogP contribution in [0.3, 0.4) is 0 Å². The van der Waals surface area contributed by atoms with E-state index in [1.807, 2.05) is 24.3 Å². The van der Waals surface area contributed by atoms with Gasteiger partial charge in [-0.2, -0.15) is 5.10 Å². The van der Waals surface area contributed by atoms with Crippen molar-refractivity contribution in [2.75, 3.05) is 63.9 Å². The van der Waals surface area contributed by atoms with Gasteiger partial charge in [0.05, 0.1) is 40.1 Å². The van der Waals surface area contributed by atoms with Gasteiger partial charge in [-0.05, 0) is 85.7 Å². The number of sulfonamides is 1. The molecule has 1 aromatic heterocycles. The number of hydrogen-bond acceptors (Lipinski definition) is 9. The van der Waals surface area contributed by atoms with Gasteiger partial charge < -0.3 is 19.4 Å².